The third-order valence-electron chi connectivity index (χ3n) is 2.73. The number of nitrogen functional groups attached to an aromatic ring is 1. The van der Waals surface area contributed by atoms with E-state index in [2.05, 4.69) is 51.7 Å². The van der Waals surface area contributed by atoms with Crippen LogP contribution in [0.3, 0.4) is 0 Å². The van der Waals surface area contributed by atoms with E-state index in [0.717, 1.165) is 21.4 Å². The van der Waals surface area contributed by atoms with E-state index >= 15 is 0 Å². The zero-order valence-corrected chi connectivity index (χ0v) is 13.1. The molecule has 0 spiro atoms. The average Bonchev–Trinajstić information content (AvgIpc) is 2.32. The highest BCUT2D eigenvalue weighted by molar-refractivity contribution is 9.10. The third kappa shape index (κ3) is 2.92. The Morgan fingerprint density at radius 3 is 2.37 bits per heavy atom. The van der Waals surface area contributed by atoms with Crippen LogP contribution < -0.4 is 5.73 Å². The van der Waals surface area contributed by atoms with E-state index in [0.29, 0.717) is 11.6 Å². The van der Waals surface area contributed by atoms with Crippen molar-refractivity contribution in [3.63, 3.8) is 0 Å². The first-order chi connectivity index (χ1) is 8.79. The summed E-state index contributed by atoms with van der Waals surface area (Å²) >= 11 is 3.46. The van der Waals surface area contributed by atoms with Crippen LogP contribution in [0.1, 0.15) is 32.0 Å². The Morgan fingerprint density at radius 2 is 1.84 bits per heavy atom. The van der Waals surface area contributed by atoms with Crippen LogP contribution in [0.5, 0.6) is 0 Å². The highest BCUT2D eigenvalue weighted by atomic mass is 79.9. The molecule has 2 N–H and O–H groups in total. The van der Waals surface area contributed by atoms with Gasteiger partial charge in [-0.1, -0.05) is 26.8 Å². The molecule has 0 saturated carbocycles. The molecule has 0 saturated heterocycles. The minimum atomic E-state index is -0.116. The average molecular weight is 321 g/mol. The molecule has 0 aliphatic rings. The van der Waals surface area contributed by atoms with Crippen LogP contribution in [0.25, 0.3) is 11.5 Å². The molecule has 0 aliphatic heterocycles. The lowest BCUT2D eigenvalue weighted by molar-refractivity contribution is 0.564. The van der Waals surface area contributed by atoms with Crippen LogP contribution >= 0.6 is 15.9 Å². The number of rotatable bonds is 1. The number of nitrogens with zero attached hydrogens (tertiary/aromatic N) is 3. The second-order valence-corrected chi connectivity index (χ2v) is 6.36. The van der Waals surface area contributed by atoms with E-state index in [9.17, 15) is 0 Å². The van der Waals surface area contributed by atoms with Gasteiger partial charge in [0.25, 0.3) is 0 Å². The lowest BCUT2D eigenvalue weighted by Gasteiger charge is -2.20. The predicted molar refractivity (Wildman–Crippen MR) is 80.8 cm³/mol. The summed E-state index contributed by atoms with van der Waals surface area (Å²) in [6.07, 6.45) is 1.80. The van der Waals surface area contributed by atoms with Gasteiger partial charge in [-0.15, -0.1) is 0 Å². The standard InChI is InChI=1S/C14H17BrN4/c1-8-5-6-9(17-7-8)13-18-11(14(2,3)4)10(15)12(16)19-13/h5-7H,1-4H3,(H2,16,18,19). The Kier molecular flexibility index (Phi) is 3.58. The van der Waals surface area contributed by atoms with Crippen LogP contribution in [-0.4, -0.2) is 15.0 Å². The van der Waals surface area contributed by atoms with Gasteiger partial charge in [-0.2, -0.15) is 0 Å². The lowest BCUT2D eigenvalue weighted by Crippen LogP contribution is -2.17. The Balaban J connectivity index is 2.60. The predicted octanol–water partition coefficient (Wildman–Crippen LogP) is 3.49. The Hall–Kier alpha value is -1.49. The van der Waals surface area contributed by atoms with Gasteiger partial charge in [-0.05, 0) is 34.5 Å². The van der Waals surface area contributed by atoms with Crippen LogP contribution in [0.15, 0.2) is 22.8 Å². The summed E-state index contributed by atoms with van der Waals surface area (Å²) in [5.41, 5.74) is 8.56. The number of hydrogen-bond donors (Lipinski definition) is 1. The van der Waals surface area contributed by atoms with Gasteiger partial charge in [0.05, 0.1) is 10.2 Å². The minimum Gasteiger partial charge on any atom is -0.383 e. The second kappa shape index (κ2) is 4.89. The fourth-order valence-corrected chi connectivity index (χ4v) is 2.45. The molecule has 0 radical (unpaired) electrons. The highest BCUT2D eigenvalue weighted by Crippen LogP contribution is 2.32. The van der Waals surface area contributed by atoms with Crippen LogP contribution in [0.2, 0.25) is 0 Å². The summed E-state index contributed by atoms with van der Waals surface area (Å²) in [5, 5.41) is 0. The van der Waals surface area contributed by atoms with Gasteiger partial charge >= 0.3 is 0 Å². The molecule has 5 heteroatoms. The largest absolute Gasteiger partial charge is 0.383 e. The summed E-state index contributed by atoms with van der Waals surface area (Å²) in [6, 6.07) is 3.89. The normalized spacial score (nSPS) is 11.6. The van der Waals surface area contributed by atoms with E-state index in [1.165, 1.54) is 0 Å². The molecule has 0 aromatic carbocycles. The van der Waals surface area contributed by atoms with Crippen molar-refractivity contribution in [2.24, 2.45) is 0 Å². The maximum atomic E-state index is 5.96. The number of hydrogen-bond acceptors (Lipinski definition) is 4. The number of pyridine rings is 1. The van der Waals surface area contributed by atoms with E-state index in [4.69, 9.17) is 5.73 Å². The number of nitrogens with two attached hydrogens (primary N) is 1. The number of halogens is 1. The quantitative estimate of drug-likeness (QED) is 0.873. The van der Waals surface area contributed by atoms with E-state index in [-0.39, 0.29) is 5.41 Å². The van der Waals surface area contributed by atoms with Gasteiger partial charge in [0.2, 0.25) is 0 Å². The van der Waals surface area contributed by atoms with Crippen molar-refractivity contribution in [1.82, 2.24) is 15.0 Å². The Bertz CT molecular complexity index is 600. The molecular formula is C14H17BrN4. The maximum absolute atomic E-state index is 5.96. The summed E-state index contributed by atoms with van der Waals surface area (Å²) in [7, 11) is 0. The van der Waals surface area contributed by atoms with Gasteiger partial charge in [0, 0.05) is 11.6 Å². The number of aromatic nitrogens is 3. The fourth-order valence-electron chi connectivity index (χ4n) is 1.68. The highest BCUT2D eigenvalue weighted by Gasteiger charge is 2.22. The van der Waals surface area contributed by atoms with Gasteiger partial charge in [0.15, 0.2) is 5.82 Å². The molecule has 0 atom stereocenters. The molecule has 0 unspecified atom stereocenters. The van der Waals surface area contributed by atoms with Crippen LogP contribution in [-0.2, 0) is 5.41 Å². The zero-order valence-electron chi connectivity index (χ0n) is 11.5. The van der Waals surface area contributed by atoms with Gasteiger partial charge in [-0.3, -0.25) is 4.98 Å². The molecule has 19 heavy (non-hydrogen) atoms. The molecule has 100 valence electrons. The molecule has 0 aliphatic carbocycles. The fraction of sp³-hybridized carbons (Fsp3) is 0.357. The molecular weight excluding hydrogens is 304 g/mol. The Labute approximate surface area is 121 Å². The Morgan fingerprint density at radius 1 is 1.16 bits per heavy atom. The minimum absolute atomic E-state index is 0.116. The van der Waals surface area contributed by atoms with Crippen molar-refractivity contribution < 1.29 is 0 Å². The molecule has 2 aromatic heterocycles. The maximum Gasteiger partial charge on any atom is 0.180 e. The molecule has 2 aromatic rings. The summed E-state index contributed by atoms with van der Waals surface area (Å²) in [5.74, 6) is 1.00. The first-order valence-electron chi connectivity index (χ1n) is 6.05. The molecule has 4 nitrogen and oxygen atoms in total. The first kappa shape index (κ1) is 13.9. The molecule has 0 fully saturated rings. The molecule has 0 amide bonds. The SMILES string of the molecule is Cc1ccc(-c2nc(N)c(Br)c(C(C)(C)C)n2)nc1. The summed E-state index contributed by atoms with van der Waals surface area (Å²) < 4.78 is 0.760. The van der Waals surface area contributed by atoms with Crippen LogP contribution in [0, 0.1) is 6.92 Å². The van der Waals surface area contributed by atoms with Gasteiger partial charge < -0.3 is 5.73 Å². The molecule has 0 bridgehead atoms. The van der Waals surface area contributed by atoms with Crippen LogP contribution in [0.4, 0.5) is 5.82 Å². The second-order valence-electron chi connectivity index (χ2n) is 5.57. The summed E-state index contributed by atoms with van der Waals surface area (Å²) in [4.78, 5) is 13.3. The topological polar surface area (TPSA) is 64.7 Å². The first-order valence-corrected chi connectivity index (χ1v) is 6.85. The van der Waals surface area contributed by atoms with Crippen molar-refractivity contribution in [2.45, 2.75) is 33.1 Å². The lowest BCUT2D eigenvalue weighted by atomic mass is 9.92. The molecule has 2 rings (SSSR count). The summed E-state index contributed by atoms with van der Waals surface area (Å²) in [6.45, 7) is 8.26. The van der Waals surface area contributed by atoms with Crippen molar-refractivity contribution in [1.29, 1.82) is 0 Å². The third-order valence-corrected chi connectivity index (χ3v) is 3.51. The van der Waals surface area contributed by atoms with Crippen molar-refractivity contribution in [2.75, 3.05) is 5.73 Å². The molecule has 2 heterocycles. The smallest absolute Gasteiger partial charge is 0.180 e. The number of aryl methyl sites for hydroxylation is 1. The van der Waals surface area contributed by atoms with Crippen molar-refractivity contribution >= 4 is 21.7 Å². The van der Waals surface area contributed by atoms with E-state index < -0.39 is 0 Å². The van der Waals surface area contributed by atoms with Crippen molar-refractivity contribution in [3.8, 4) is 11.5 Å². The van der Waals surface area contributed by atoms with Crippen molar-refractivity contribution in [3.05, 3.63) is 34.1 Å². The monoisotopic (exact) mass is 320 g/mol. The van der Waals surface area contributed by atoms with E-state index in [1.807, 2.05) is 19.1 Å². The number of anilines is 1. The van der Waals surface area contributed by atoms with E-state index in [1.54, 1.807) is 6.20 Å². The zero-order chi connectivity index (χ0) is 14.2. The van der Waals surface area contributed by atoms with Gasteiger partial charge in [-0.25, -0.2) is 9.97 Å². The van der Waals surface area contributed by atoms with Gasteiger partial charge in [0.1, 0.15) is 11.5 Å².